The van der Waals surface area contributed by atoms with Gasteiger partial charge >= 0.3 is 0 Å². The molecule has 0 spiro atoms. The van der Waals surface area contributed by atoms with Crippen LogP contribution in [0.2, 0.25) is 0 Å². The summed E-state index contributed by atoms with van der Waals surface area (Å²) in [5, 5.41) is 9.70. The topological polar surface area (TPSA) is 82.6 Å². The van der Waals surface area contributed by atoms with Gasteiger partial charge in [-0.25, -0.2) is 0 Å². The van der Waals surface area contributed by atoms with Crippen molar-refractivity contribution < 1.29 is 24.2 Å². The van der Waals surface area contributed by atoms with Crippen molar-refractivity contribution >= 4 is 17.4 Å². The van der Waals surface area contributed by atoms with Crippen molar-refractivity contribution in [2.75, 3.05) is 59.1 Å². The van der Waals surface area contributed by atoms with Crippen LogP contribution < -0.4 is 4.74 Å². The summed E-state index contributed by atoms with van der Waals surface area (Å²) in [5.74, 6) is 0.367. The maximum absolute atomic E-state index is 13.6. The molecule has 1 unspecified atom stereocenters. The number of benzene rings is 1. The van der Waals surface area contributed by atoms with Crippen LogP contribution in [0.5, 0.6) is 5.75 Å². The van der Waals surface area contributed by atoms with Gasteiger partial charge in [0.25, 0.3) is 11.8 Å². The fourth-order valence-corrected chi connectivity index (χ4v) is 4.78. The number of hydrogen-bond donors (Lipinski definition) is 1. The summed E-state index contributed by atoms with van der Waals surface area (Å²) >= 11 is 0. The van der Waals surface area contributed by atoms with Crippen LogP contribution in [0.25, 0.3) is 5.57 Å². The summed E-state index contributed by atoms with van der Waals surface area (Å²) in [6.45, 7) is 9.29. The fourth-order valence-electron chi connectivity index (χ4n) is 4.78. The first-order valence-corrected chi connectivity index (χ1v) is 12.0. The monoisotopic (exact) mass is 457 g/mol. The van der Waals surface area contributed by atoms with Crippen molar-refractivity contribution in [2.45, 2.75) is 32.8 Å². The first-order chi connectivity index (χ1) is 16.0. The smallest absolute Gasteiger partial charge is 0.277 e. The van der Waals surface area contributed by atoms with E-state index < -0.39 is 0 Å². The van der Waals surface area contributed by atoms with Crippen LogP contribution in [0, 0.1) is 5.92 Å². The predicted octanol–water partition coefficient (Wildman–Crippen LogP) is 1.59. The van der Waals surface area contributed by atoms with Crippen LogP contribution >= 0.6 is 0 Å². The van der Waals surface area contributed by atoms with Gasteiger partial charge in [-0.2, -0.15) is 0 Å². The van der Waals surface area contributed by atoms with Gasteiger partial charge in [0, 0.05) is 45.9 Å². The molecule has 3 heterocycles. The average molecular weight is 458 g/mol. The van der Waals surface area contributed by atoms with Gasteiger partial charge in [0.05, 0.1) is 24.9 Å². The summed E-state index contributed by atoms with van der Waals surface area (Å²) in [6.07, 6.45) is 1.87. The molecule has 2 fully saturated rings. The van der Waals surface area contributed by atoms with E-state index in [1.165, 1.54) is 4.90 Å². The Hall–Kier alpha value is -2.42. The first-order valence-electron chi connectivity index (χ1n) is 12.0. The zero-order valence-electron chi connectivity index (χ0n) is 19.7. The van der Waals surface area contributed by atoms with E-state index in [2.05, 4.69) is 4.90 Å². The zero-order chi connectivity index (χ0) is 23.4. The second kappa shape index (κ2) is 10.7. The van der Waals surface area contributed by atoms with E-state index in [0.717, 1.165) is 37.2 Å². The van der Waals surface area contributed by atoms with Crippen molar-refractivity contribution in [3.8, 4) is 5.75 Å². The Bertz CT molecular complexity index is 877. The van der Waals surface area contributed by atoms with Crippen LogP contribution in [0.4, 0.5) is 0 Å². The molecular formula is C25H35N3O5. The average Bonchev–Trinajstić information content (AvgIpc) is 3.08. The molecule has 0 bridgehead atoms. The van der Waals surface area contributed by atoms with E-state index in [0.29, 0.717) is 50.7 Å². The summed E-state index contributed by atoms with van der Waals surface area (Å²) in [7, 11) is 0. The number of ether oxygens (including phenoxy) is 2. The maximum atomic E-state index is 13.6. The third-order valence-corrected chi connectivity index (χ3v) is 6.50. The molecule has 4 rings (SSSR count). The second-order valence-corrected chi connectivity index (χ2v) is 9.27. The van der Waals surface area contributed by atoms with Crippen molar-refractivity contribution in [3.05, 3.63) is 35.5 Å². The van der Waals surface area contributed by atoms with Gasteiger partial charge in [-0.3, -0.25) is 19.4 Å². The van der Waals surface area contributed by atoms with Gasteiger partial charge in [-0.15, -0.1) is 0 Å². The van der Waals surface area contributed by atoms with Gasteiger partial charge in [0.2, 0.25) is 0 Å². The number of amides is 2. The highest BCUT2D eigenvalue weighted by Gasteiger charge is 2.42. The highest BCUT2D eigenvalue weighted by molar-refractivity contribution is 6.35. The number of aliphatic hydroxyl groups excluding tert-OH is 1. The molecule has 8 heteroatoms. The van der Waals surface area contributed by atoms with E-state index in [4.69, 9.17) is 9.47 Å². The van der Waals surface area contributed by atoms with Gasteiger partial charge < -0.3 is 19.5 Å². The first kappa shape index (κ1) is 23.7. The van der Waals surface area contributed by atoms with Crippen molar-refractivity contribution in [1.29, 1.82) is 0 Å². The Morgan fingerprint density at radius 1 is 1.06 bits per heavy atom. The molecular weight excluding hydrogens is 422 g/mol. The molecule has 3 aliphatic rings. The molecule has 0 saturated carbocycles. The Morgan fingerprint density at radius 3 is 2.45 bits per heavy atom. The molecule has 1 atom stereocenters. The van der Waals surface area contributed by atoms with Crippen molar-refractivity contribution in [1.82, 2.24) is 14.7 Å². The number of morpholine rings is 1. The van der Waals surface area contributed by atoms with E-state index >= 15 is 0 Å². The molecule has 2 amide bonds. The highest BCUT2D eigenvalue weighted by Crippen LogP contribution is 2.34. The number of hydrogen-bond acceptors (Lipinski definition) is 7. The summed E-state index contributed by atoms with van der Waals surface area (Å²) < 4.78 is 11.2. The van der Waals surface area contributed by atoms with E-state index in [1.807, 2.05) is 43.0 Å². The van der Waals surface area contributed by atoms with E-state index in [9.17, 15) is 14.7 Å². The number of aliphatic hydroxyl groups is 1. The number of nitrogens with zero attached hydrogens (tertiary/aromatic N) is 3. The minimum atomic E-state index is -0.244. The lowest BCUT2D eigenvalue weighted by Gasteiger charge is -2.34. The number of imide groups is 1. The number of piperidine rings is 1. The van der Waals surface area contributed by atoms with Crippen molar-refractivity contribution in [2.24, 2.45) is 5.92 Å². The Balaban J connectivity index is 1.60. The molecule has 0 radical (unpaired) electrons. The number of carbonyl (C=O) groups is 2. The Morgan fingerprint density at radius 2 is 1.79 bits per heavy atom. The standard InChI is InChI=1S/C25H35N3O5/c1-18(2)33-21-7-5-20(6-8-21)22-23(27-9-3-4-19(16-27)17-29)25(31)28(24(22)30)11-10-26-12-14-32-15-13-26/h5-8,18-19,29H,3-4,9-17H2,1-2H3. The zero-order valence-corrected chi connectivity index (χ0v) is 19.7. The quantitative estimate of drug-likeness (QED) is 0.594. The Labute approximate surface area is 195 Å². The third kappa shape index (κ3) is 5.39. The lowest BCUT2D eigenvalue weighted by molar-refractivity contribution is -0.138. The maximum Gasteiger partial charge on any atom is 0.277 e. The van der Waals surface area contributed by atoms with Crippen LogP contribution in [0.15, 0.2) is 30.0 Å². The third-order valence-electron chi connectivity index (χ3n) is 6.50. The molecule has 180 valence electrons. The fraction of sp³-hybridized carbons (Fsp3) is 0.600. The highest BCUT2D eigenvalue weighted by atomic mass is 16.5. The molecule has 1 N–H and O–H groups in total. The largest absolute Gasteiger partial charge is 0.491 e. The van der Waals surface area contributed by atoms with Crippen LogP contribution in [-0.4, -0.2) is 96.8 Å². The summed E-state index contributed by atoms with van der Waals surface area (Å²) in [4.78, 5) is 32.7. The van der Waals surface area contributed by atoms with Crippen LogP contribution in [0.3, 0.4) is 0 Å². The van der Waals surface area contributed by atoms with Crippen molar-refractivity contribution in [3.63, 3.8) is 0 Å². The van der Waals surface area contributed by atoms with Crippen LogP contribution in [0.1, 0.15) is 32.3 Å². The molecule has 0 aliphatic carbocycles. The SMILES string of the molecule is CC(C)Oc1ccc(C2=C(N3CCCC(CO)C3)C(=O)N(CCN3CCOCC3)C2=O)cc1. The number of rotatable bonds is 8. The molecule has 1 aromatic rings. The minimum absolute atomic E-state index is 0.0553. The van der Waals surface area contributed by atoms with Gasteiger partial charge in [-0.05, 0) is 50.3 Å². The van der Waals surface area contributed by atoms with Crippen LogP contribution in [-0.2, 0) is 14.3 Å². The summed E-state index contributed by atoms with van der Waals surface area (Å²) in [6, 6.07) is 7.41. The molecule has 8 nitrogen and oxygen atoms in total. The lowest BCUT2D eigenvalue weighted by Crippen LogP contribution is -2.45. The van der Waals surface area contributed by atoms with E-state index in [-0.39, 0.29) is 30.4 Å². The molecule has 0 aromatic heterocycles. The Kier molecular flexibility index (Phi) is 7.67. The minimum Gasteiger partial charge on any atom is -0.491 e. The number of likely N-dealkylation sites (tertiary alicyclic amines) is 1. The lowest BCUT2D eigenvalue weighted by atomic mass is 9.97. The molecule has 1 aromatic carbocycles. The molecule has 33 heavy (non-hydrogen) atoms. The second-order valence-electron chi connectivity index (χ2n) is 9.27. The number of carbonyl (C=O) groups excluding carboxylic acids is 2. The van der Waals surface area contributed by atoms with Gasteiger partial charge in [0.15, 0.2) is 0 Å². The van der Waals surface area contributed by atoms with E-state index in [1.54, 1.807) is 0 Å². The molecule has 3 aliphatic heterocycles. The van der Waals surface area contributed by atoms with Gasteiger partial charge in [0.1, 0.15) is 11.4 Å². The summed E-state index contributed by atoms with van der Waals surface area (Å²) in [5.41, 5.74) is 1.65. The normalized spacial score (nSPS) is 22.6. The molecule has 2 saturated heterocycles. The van der Waals surface area contributed by atoms with Gasteiger partial charge in [-0.1, -0.05) is 12.1 Å². The predicted molar refractivity (Wildman–Crippen MR) is 124 cm³/mol.